The highest BCUT2D eigenvalue weighted by atomic mass is 32.1. The van der Waals surface area contributed by atoms with E-state index >= 15 is 0 Å². The Balaban J connectivity index is 1.85. The van der Waals surface area contributed by atoms with E-state index in [1.807, 2.05) is 63.1 Å². The number of benzene rings is 1. The Morgan fingerprint density at radius 2 is 1.82 bits per heavy atom. The van der Waals surface area contributed by atoms with Gasteiger partial charge in [0.1, 0.15) is 35.7 Å². The van der Waals surface area contributed by atoms with Gasteiger partial charge in [-0.2, -0.15) is 0 Å². The van der Waals surface area contributed by atoms with E-state index in [-0.39, 0.29) is 54.6 Å². The Labute approximate surface area is 301 Å². The molecule has 13 heteroatoms. The van der Waals surface area contributed by atoms with Gasteiger partial charge in [0.25, 0.3) is 5.91 Å². The number of carbonyl (C=O) groups excluding carboxylic acids is 3. The Kier molecular flexibility index (Phi) is 16.8. The minimum Gasteiger partial charge on any atom is -0.480 e. The van der Waals surface area contributed by atoms with E-state index in [0.717, 1.165) is 44.2 Å². The molecule has 0 radical (unpaired) electrons. The standard InChI is InChI=1S/C37H57N5O7S/c1-8-18-42(36(45)32(25(5)9-2)40-34(44)29-17-13-14-19-41(29)6)30(24(3)4)21-31(49-23-48-7)35-39-28(22-50-35)33(43)38-27(37(46)47)20-26-15-11-10-12-16-26/h10-12,15-16,22,24-25,27,29-32H,8-9,13-14,17-21,23H2,1-7H3,(H,38,43)(H,40,44)(H,46,47). The number of thiazole rings is 1. The summed E-state index contributed by atoms with van der Waals surface area (Å²) in [5.74, 6) is -2.02. The number of amides is 3. The van der Waals surface area contributed by atoms with Gasteiger partial charge in [0.05, 0.1) is 6.04 Å². The Morgan fingerprint density at radius 1 is 1.10 bits per heavy atom. The van der Waals surface area contributed by atoms with Crippen molar-refractivity contribution >= 4 is 35.0 Å². The van der Waals surface area contributed by atoms with Crippen LogP contribution in [0.4, 0.5) is 0 Å². The number of carbonyl (C=O) groups is 4. The summed E-state index contributed by atoms with van der Waals surface area (Å²) in [7, 11) is 3.48. The van der Waals surface area contributed by atoms with Crippen molar-refractivity contribution in [1.82, 2.24) is 25.4 Å². The number of carboxylic acids is 1. The molecule has 1 aliphatic heterocycles. The molecule has 1 aromatic heterocycles. The summed E-state index contributed by atoms with van der Waals surface area (Å²) < 4.78 is 11.4. The van der Waals surface area contributed by atoms with Crippen LogP contribution in [-0.4, -0.2) is 102 Å². The number of rotatable bonds is 20. The van der Waals surface area contributed by atoms with Gasteiger partial charge in [-0.1, -0.05) is 77.8 Å². The van der Waals surface area contributed by atoms with Gasteiger partial charge in [-0.15, -0.1) is 11.3 Å². The molecule has 1 aliphatic rings. The third-order valence-corrected chi connectivity index (χ3v) is 10.5. The second-order valence-electron chi connectivity index (χ2n) is 13.6. The van der Waals surface area contributed by atoms with Crippen LogP contribution in [0, 0.1) is 11.8 Å². The monoisotopic (exact) mass is 715 g/mol. The van der Waals surface area contributed by atoms with E-state index in [2.05, 4.69) is 34.4 Å². The van der Waals surface area contributed by atoms with E-state index < -0.39 is 30.1 Å². The number of methoxy groups -OCH3 is 1. The van der Waals surface area contributed by atoms with Crippen molar-refractivity contribution in [2.24, 2.45) is 11.8 Å². The summed E-state index contributed by atoms with van der Waals surface area (Å²) in [6.07, 6.45) is 4.15. The molecule has 6 unspecified atom stereocenters. The van der Waals surface area contributed by atoms with Gasteiger partial charge in [-0.3, -0.25) is 19.3 Å². The molecule has 2 heterocycles. The summed E-state index contributed by atoms with van der Waals surface area (Å²) >= 11 is 1.24. The molecule has 0 spiro atoms. The van der Waals surface area contributed by atoms with Gasteiger partial charge in [-0.05, 0) is 50.3 Å². The fourth-order valence-electron chi connectivity index (χ4n) is 6.39. The molecular weight excluding hydrogens is 659 g/mol. The predicted octanol–water partition coefficient (Wildman–Crippen LogP) is 4.90. The summed E-state index contributed by atoms with van der Waals surface area (Å²) in [5, 5.41) is 17.7. The molecule has 6 atom stereocenters. The zero-order valence-electron chi connectivity index (χ0n) is 30.7. The normalized spacial score (nSPS) is 18.1. The van der Waals surface area contributed by atoms with Crippen molar-refractivity contribution in [3.63, 3.8) is 0 Å². The lowest BCUT2D eigenvalue weighted by molar-refractivity contribution is -0.144. The highest BCUT2D eigenvalue weighted by molar-refractivity contribution is 7.09. The van der Waals surface area contributed by atoms with Gasteiger partial charge in [0, 0.05) is 37.9 Å². The van der Waals surface area contributed by atoms with E-state index in [1.165, 1.54) is 18.4 Å². The molecule has 3 amide bonds. The van der Waals surface area contributed by atoms with Gasteiger partial charge >= 0.3 is 5.97 Å². The van der Waals surface area contributed by atoms with Crippen LogP contribution in [-0.2, 0) is 30.3 Å². The van der Waals surface area contributed by atoms with Crippen molar-refractivity contribution in [1.29, 1.82) is 0 Å². The van der Waals surface area contributed by atoms with Crippen molar-refractivity contribution in [2.45, 2.75) is 110 Å². The smallest absolute Gasteiger partial charge is 0.326 e. The van der Waals surface area contributed by atoms with Crippen LogP contribution < -0.4 is 10.6 Å². The summed E-state index contributed by atoms with van der Waals surface area (Å²) in [4.78, 5) is 61.8. The number of likely N-dealkylation sites (N-methyl/N-ethyl adjacent to an activating group) is 1. The fraction of sp³-hybridized carbons (Fsp3) is 0.649. The predicted molar refractivity (Wildman–Crippen MR) is 194 cm³/mol. The first-order chi connectivity index (χ1) is 23.9. The number of hydrogen-bond acceptors (Lipinski definition) is 9. The molecular formula is C37H57N5O7S. The van der Waals surface area contributed by atoms with Crippen LogP contribution in [0.15, 0.2) is 35.7 Å². The fourth-order valence-corrected chi connectivity index (χ4v) is 7.25. The van der Waals surface area contributed by atoms with Crippen molar-refractivity contribution < 1.29 is 33.8 Å². The van der Waals surface area contributed by atoms with E-state index in [1.54, 1.807) is 5.38 Å². The molecule has 50 heavy (non-hydrogen) atoms. The molecule has 12 nitrogen and oxygen atoms in total. The maximum Gasteiger partial charge on any atom is 0.326 e. The van der Waals surface area contributed by atoms with Crippen LogP contribution in [0.25, 0.3) is 0 Å². The summed E-state index contributed by atoms with van der Waals surface area (Å²) in [6, 6.07) is 6.76. The second-order valence-corrected chi connectivity index (χ2v) is 14.5. The molecule has 1 fully saturated rings. The lowest BCUT2D eigenvalue weighted by Gasteiger charge is -2.40. The number of aromatic nitrogens is 1. The Hall–Kier alpha value is -3.39. The van der Waals surface area contributed by atoms with Crippen LogP contribution in [0.5, 0.6) is 0 Å². The highest BCUT2D eigenvalue weighted by Crippen LogP contribution is 2.31. The van der Waals surface area contributed by atoms with Gasteiger partial charge in [0.15, 0.2) is 0 Å². The second kappa shape index (κ2) is 20.5. The quantitative estimate of drug-likeness (QED) is 0.163. The lowest BCUT2D eigenvalue weighted by atomic mass is 9.92. The average Bonchev–Trinajstić information content (AvgIpc) is 3.60. The molecule has 2 aromatic rings. The number of ether oxygens (including phenoxy) is 2. The molecule has 0 bridgehead atoms. The third-order valence-electron chi connectivity index (χ3n) is 9.53. The molecule has 3 N–H and O–H groups in total. The zero-order chi connectivity index (χ0) is 36.8. The molecule has 1 aromatic carbocycles. The first-order valence-corrected chi connectivity index (χ1v) is 18.7. The topological polar surface area (TPSA) is 150 Å². The molecule has 0 aliphatic carbocycles. The number of piperidine rings is 1. The van der Waals surface area contributed by atoms with Crippen LogP contribution in [0.3, 0.4) is 0 Å². The number of nitrogens with zero attached hydrogens (tertiary/aromatic N) is 3. The van der Waals surface area contributed by atoms with Crippen molar-refractivity contribution in [3.8, 4) is 0 Å². The van der Waals surface area contributed by atoms with Gasteiger partial charge < -0.3 is 30.1 Å². The van der Waals surface area contributed by atoms with E-state index in [0.29, 0.717) is 18.0 Å². The minimum absolute atomic E-state index is 0.0222. The number of nitrogens with one attached hydrogen (secondary N) is 2. The maximum absolute atomic E-state index is 14.5. The van der Waals surface area contributed by atoms with Crippen LogP contribution in [0.2, 0.25) is 0 Å². The highest BCUT2D eigenvalue weighted by Gasteiger charge is 2.38. The van der Waals surface area contributed by atoms with Crippen LogP contribution in [0.1, 0.15) is 100 Å². The number of hydrogen-bond donors (Lipinski definition) is 3. The molecule has 3 rings (SSSR count). The van der Waals surface area contributed by atoms with Crippen LogP contribution >= 0.6 is 11.3 Å². The zero-order valence-corrected chi connectivity index (χ0v) is 31.5. The number of aliphatic carboxylic acids is 1. The van der Waals surface area contributed by atoms with Crippen molar-refractivity contribution in [2.75, 3.05) is 34.0 Å². The molecule has 1 saturated heterocycles. The van der Waals surface area contributed by atoms with E-state index in [4.69, 9.17) is 9.47 Å². The van der Waals surface area contributed by atoms with Gasteiger partial charge in [0.2, 0.25) is 11.8 Å². The van der Waals surface area contributed by atoms with Crippen molar-refractivity contribution in [3.05, 3.63) is 52.0 Å². The average molecular weight is 716 g/mol. The largest absolute Gasteiger partial charge is 0.480 e. The summed E-state index contributed by atoms with van der Waals surface area (Å²) in [6.45, 7) is 11.5. The molecule has 0 saturated carbocycles. The Morgan fingerprint density at radius 3 is 2.42 bits per heavy atom. The lowest BCUT2D eigenvalue weighted by Crippen LogP contribution is -2.58. The number of carboxylic acid groups (broad SMARTS) is 1. The third kappa shape index (κ3) is 11.6. The first-order valence-electron chi connectivity index (χ1n) is 17.9. The SMILES string of the molecule is CCCN(C(=O)C(NC(=O)C1CCCCN1C)C(C)CC)C(CC(OCOC)c1nc(C(=O)NC(Cc2ccccc2)C(=O)O)cs1)C(C)C. The number of likely N-dealkylation sites (tertiary alicyclic amines) is 1. The first kappa shape index (κ1) is 41.0. The maximum atomic E-state index is 14.5. The Bertz CT molecular complexity index is 1370. The summed E-state index contributed by atoms with van der Waals surface area (Å²) in [5.41, 5.74) is 0.875. The van der Waals surface area contributed by atoms with Gasteiger partial charge in [-0.25, -0.2) is 9.78 Å². The van der Waals surface area contributed by atoms with E-state index in [9.17, 15) is 24.3 Å². The molecule has 278 valence electrons. The minimum atomic E-state index is -1.14.